The minimum absolute atomic E-state index is 0.0826. The minimum Gasteiger partial charge on any atom is -0.399 e. The molecule has 1 aliphatic rings. The Morgan fingerprint density at radius 3 is 2.06 bits per heavy atom. The molecule has 0 radical (unpaired) electrons. The van der Waals surface area contributed by atoms with Gasteiger partial charge in [-0.05, 0) is 25.0 Å². The number of nitrogens with two attached hydrogens (primary N) is 1. The van der Waals surface area contributed by atoms with Crippen molar-refractivity contribution in [3.05, 3.63) is 29.3 Å². The highest BCUT2D eigenvalue weighted by atomic mass is 32.2. The van der Waals surface area contributed by atoms with Crippen LogP contribution in [0.25, 0.3) is 0 Å². The van der Waals surface area contributed by atoms with Crippen LogP contribution in [0, 0.1) is 11.6 Å². The van der Waals surface area contributed by atoms with Crippen LogP contribution in [0.5, 0.6) is 0 Å². The number of aliphatic hydroxyl groups is 1. The SMILES string of the molecule is Nc1cc(F)c(C2(O)CCS(=O)(=O)CC2)c(F)c1. The summed E-state index contributed by atoms with van der Waals surface area (Å²) < 4.78 is 50.0. The van der Waals surface area contributed by atoms with E-state index in [1.807, 2.05) is 0 Å². The molecule has 1 aromatic rings. The average Bonchev–Trinajstić information content (AvgIpc) is 2.22. The minimum atomic E-state index is -3.23. The normalized spacial score (nSPS) is 21.7. The first-order chi connectivity index (χ1) is 8.23. The first-order valence-corrected chi connectivity index (χ1v) is 7.23. The van der Waals surface area contributed by atoms with Crippen molar-refractivity contribution in [1.82, 2.24) is 0 Å². The number of hydrogen-bond donors (Lipinski definition) is 2. The molecule has 3 N–H and O–H groups in total. The molecule has 0 aliphatic carbocycles. The molecule has 0 spiro atoms. The summed E-state index contributed by atoms with van der Waals surface area (Å²) >= 11 is 0. The molecule has 4 nitrogen and oxygen atoms in total. The lowest BCUT2D eigenvalue weighted by Crippen LogP contribution is -2.38. The largest absolute Gasteiger partial charge is 0.399 e. The molecule has 0 aromatic heterocycles. The van der Waals surface area contributed by atoms with Gasteiger partial charge < -0.3 is 10.8 Å². The highest BCUT2D eigenvalue weighted by molar-refractivity contribution is 7.91. The fraction of sp³-hybridized carbons (Fsp3) is 0.455. The molecule has 7 heteroatoms. The van der Waals surface area contributed by atoms with Gasteiger partial charge in [-0.25, -0.2) is 17.2 Å². The molecule has 0 amide bonds. The lowest BCUT2D eigenvalue weighted by molar-refractivity contribution is 0.0192. The maximum absolute atomic E-state index is 13.7. The van der Waals surface area contributed by atoms with Crippen LogP contribution >= 0.6 is 0 Å². The lowest BCUT2D eigenvalue weighted by Gasteiger charge is -2.32. The van der Waals surface area contributed by atoms with Crippen LogP contribution < -0.4 is 5.73 Å². The van der Waals surface area contributed by atoms with E-state index in [9.17, 15) is 22.3 Å². The van der Waals surface area contributed by atoms with Crippen molar-refractivity contribution in [2.45, 2.75) is 18.4 Å². The standard InChI is InChI=1S/C11H13F2NO3S/c12-8-5-7(14)6-9(13)10(8)11(15)1-3-18(16,17)4-2-11/h5-6,15H,1-4,14H2. The number of rotatable bonds is 1. The third-order valence-corrected chi connectivity index (χ3v) is 4.84. The van der Waals surface area contributed by atoms with Crippen molar-refractivity contribution in [1.29, 1.82) is 0 Å². The predicted octanol–water partition coefficient (Wildman–Crippen LogP) is 0.943. The maximum atomic E-state index is 13.7. The van der Waals surface area contributed by atoms with E-state index < -0.39 is 32.6 Å². The molecule has 0 unspecified atom stereocenters. The second-order valence-corrected chi connectivity index (χ2v) is 6.85. The molecule has 2 rings (SSSR count). The number of hydrogen-bond acceptors (Lipinski definition) is 4. The van der Waals surface area contributed by atoms with Gasteiger partial charge in [0, 0.05) is 5.69 Å². The molecule has 18 heavy (non-hydrogen) atoms. The molecule has 0 bridgehead atoms. The lowest BCUT2D eigenvalue weighted by atomic mass is 9.87. The molecule has 1 aliphatic heterocycles. The molecular weight excluding hydrogens is 264 g/mol. The summed E-state index contributed by atoms with van der Waals surface area (Å²) in [6.07, 6.45) is -0.430. The van der Waals surface area contributed by atoms with E-state index in [1.54, 1.807) is 0 Å². The van der Waals surface area contributed by atoms with E-state index in [-0.39, 0.29) is 30.0 Å². The molecule has 1 aromatic carbocycles. The summed E-state index contributed by atoms with van der Waals surface area (Å²) in [5, 5.41) is 10.2. The number of benzene rings is 1. The molecule has 0 saturated carbocycles. The Balaban J connectivity index is 2.43. The van der Waals surface area contributed by atoms with Crippen molar-refractivity contribution in [2.24, 2.45) is 0 Å². The van der Waals surface area contributed by atoms with Crippen molar-refractivity contribution in [3.63, 3.8) is 0 Å². The molecular formula is C11H13F2NO3S. The highest BCUT2D eigenvalue weighted by Crippen LogP contribution is 2.37. The van der Waals surface area contributed by atoms with Gasteiger partial charge in [0.2, 0.25) is 0 Å². The zero-order valence-electron chi connectivity index (χ0n) is 9.49. The molecule has 1 saturated heterocycles. The first kappa shape index (κ1) is 13.2. The highest BCUT2D eigenvalue weighted by Gasteiger charge is 2.40. The molecule has 1 fully saturated rings. The second-order valence-electron chi connectivity index (χ2n) is 4.54. The Hall–Kier alpha value is -1.21. The van der Waals surface area contributed by atoms with Crippen LogP contribution in [0.2, 0.25) is 0 Å². The van der Waals surface area contributed by atoms with Gasteiger partial charge in [0.15, 0.2) is 9.84 Å². The Labute approximate surface area is 103 Å². The van der Waals surface area contributed by atoms with E-state index in [0.717, 1.165) is 12.1 Å². The van der Waals surface area contributed by atoms with Gasteiger partial charge in [0.25, 0.3) is 0 Å². The number of halogens is 2. The first-order valence-electron chi connectivity index (χ1n) is 5.41. The van der Waals surface area contributed by atoms with E-state index in [0.29, 0.717) is 0 Å². The van der Waals surface area contributed by atoms with Gasteiger partial charge in [-0.1, -0.05) is 0 Å². The van der Waals surface area contributed by atoms with E-state index in [1.165, 1.54) is 0 Å². The maximum Gasteiger partial charge on any atom is 0.150 e. The Morgan fingerprint density at radius 1 is 1.17 bits per heavy atom. The summed E-state index contributed by atoms with van der Waals surface area (Å²) in [7, 11) is -3.23. The number of sulfone groups is 1. The quantitative estimate of drug-likeness (QED) is 0.749. The fourth-order valence-electron chi connectivity index (χ4n) is 2.16. The number of nitrogen functional groups attached to an aromatic ring is 1. The van der Waals surface area contributed by atoms with Gasteiger partial charge >= 0.3 is 0 Å². The van der Waals surface area contributed by atoms with Gasteiger partial charge in [-0.3, -0.25) is 0 Å². The van der Waals surface area contributed by atoms with Crippen LogP contribution in [0.4, 0.5) is 14.5 Å². The van der Waals surface area contributed by atoms with Crippen molar-refractivity contribution < 1.29 is 22.3 Å². The topological polar surface area (TPSA) is 80.4 Å². The van der Waals surface area contributed by atoms with Crippen LogP contribution in [-0.4, -0.2) is 25.0 Å². The average molecular weight is 277 g/mol. The van der Waals surface area contributed by atoms with Crippen LogP contribution in [0.3, 0.4) is 0 Å². The second kappa shape index (κ2) is 4.17. The Morgan fingerprint density at radius 2 is 1.61 bits per heavy atom. The number of anilines is 1. The van der Waals surface area contributed by atoms with E-state index in [2.05, 4.69) is 0 Å². The zero-order chi connectivity index (χ0) is 13.6. The Bertz CT molecular complexity index is 549. The third kappa shape index (κ3) is 2.32. The molecule has 100 valence electrons. The van der Waals surface area contributed by atoms with Crippen molar-refractivity contribution >= 4 is 15.5 Å². The van der Waals surface area contributed by atoms with Crippen molar-refractivity contribution in [2.75, 3.05) is 17.2 Å². The van der Waals surface area contributed by atoms with Gasteiger partial charge in [0.05, 0.1) is 22.7 Å². The smallest absolute Gasteiger partial charge is 0.150 e. The van der Waals surface area contributed by atoms with Crippen LogP contribution in [0.1, 0.15) is 18.4 Å². The summed E-state index contributed by atoms with van der Waals surface area (Å²) in [5.41, 5.74) is 2.93. The monoisotopic (exact) mass is 277 g/mol. The predicted molar refractivity (Wildman–Crippen MR) is 62.6 cm³/mol. The third-order valence-electron chi connectivity index (χ3n) is 3.18. The summed E-state index contributed by atoms with van der Waals surface area (Å²) in [5.74, 6) is -2.47. The van der Waals surface area contributed by atoms with Gasteiger partial charge in [-0.2, -0.15) is 0 Å². The Kier molecular flexibility index (Phi) is 3.06. The van der Waals surface area contributed by atoms with Crippen LogP contribution in [0.15, 0.2) is 12.1 Å². The fourth-order valence-corrected chi connectivity index (χ4v) is 3.66. The van der Waals surface area contributed by atoms with Gasteiger partial charge in [-0.15, -0.1) is 0 Å². The zero-order valence-corrected chi connectivity index (χ0v) is 10.3. The molecule has 0 atom stereocenters. The summed E-state index contributed by atoms with van der Waals surface area (Å²) in [4.78, 5) is 0. The van der Waals surface area contributed by atoms with E-state index in [4.69, 9.17) is 5.73 Å². The summed E-state index contributed by atoms with van der Waals surface area (Å²) in [6, 6.07) is 1.83. The van der Waals surface area contributed by atoms with E-state index >= 15 is 0 Å². The summed E-state index contributed by atoms with van der Waals surface area (Å²) in [6.45, 7) is 0. The van der Waals surface area contributed by atoms with Crippen molar-refractivity contribution in [3.8, 4) is 0 Å². The van der Waals surface area contributed by atoms with Crippen LogP contribution in [-0.2, 0) is 15.4 Å². The van der Waals surface area contributed by atoms with Gasteiger partial charge in [0.1, 0.15) is 11.6 Å². The molecule has 1 heterocycles.